The minimum absolute atomic E-state index is 0.107. The van der Waals surface area contributed by atoms with Crippen molar-refractivity contribution in [2.24, 2.45) is 0 Å². The number of piperazine rings is 1. The van der Waals surface area contributed by atoms with E-state index >= 15 is 0 Å². The number of aryl methyl sites for hydroxylation is 1. The van der Waals surface area contributed by atoms with Crippen molar-refractivity contribution in [2.75, 3.05) is 48.6 Å². The van der Waals surface area contributed by atoms with Gasteiger partial charge in [0.15, 0.2) is 23.0 Å². The van der Waals surface area contributed by atoms with Gasteiger partial charge in [-0.15, -0.1) is 0 Å². The van der Waals surface area contributed by atoms with Gasteiger partial charge in [-0.2, -0.15) is 0 Å². The number of ether oxygens (including phenoxy) is 5. The lowest BCUT2D eigenvalue weighted by Crippen LogP contribution is -2.66. The Labute approximate surface area is 228 Å². The number of rotatable bonds is 11. The van der Waals surface area contributed by atoms with Crippen molar-refractivity contribution in [3.8, 4) is 28.7 Å². The summed E-state index contributed by atoms with van der Waals surface area (Å²) in [7, 11) is 7.56. The minimum Gasteiger partial charge on any atom is -0.493 e. The summed E-state index contributed by atoms with van der Waals surface area (Å²) in [6.07, 6.45) is 3.64. The van der Waals surface area contributed by atoms with Crippen LogP contribution in [-0.4, -0.2) is 88.1 Å². The third-order valence-corrected chi connectivity index (χ3v) is 7.47. The zero-order chi connectivity index (χ0) is 28.1. The predicted octanol–water partition coefficient (Wildman–Crippen LogP) is 3.14. The van der Waals surface area contributed by atoms with Crippen LogP contribution in [0.4, 0.5) is 0 Å². The number of piperidine rings is 1. The van der Waals surface area contributed by atoms with Crippen molar-refractivity contribution < 1.29 is 38.1 Å². The Bertz CT molecular complexity index is 1200. The summed E-state index contributed by atoms with van der Waals surface area (Å²) in [5.74, 6) is 0.739. The average molecular weight is 541 g/mol. The Morgan fingerprint density at radius 1 is 0.846 bits per heavy atom. The number of Topliss-reactive ketones (excluding diaryl/α,β-unsaturated/α-hetero) is 1. The Hall–Kier alpha value is -3.95. The van der Waals surface area contributed by atoms with Crippen molar-refractivity contribution in [3.63, 3.8) is 0 Å². The number of hydrogen-bond donors (Lipinski definition) is 0. The molecular formula is C29H36N2O8. The lowest BCUT2D eigenvalue weighted by atomic mass is 9.89. The number of hydrogen-bond acceptors (Lipinski definition) is 8. The molecule has 10 nitrogen and oxygen atoms in total. The van der Waals surface area contributed by atoms with Gasteiger partial charge in [-0.3, -0.25) is 14.4 Å². The standard InChI is InChI=1S/C29H36N2O8/c1-35-22-12-11-18(14-23(22)36-2)8-7-13-30-17-20-9-6-10-21(28(30)33)31(20)29(34)26(32)19-15-24(37-3)27(39-5)25(16-19)38-4/h11-12,14-16,20-21H,6-10,13,17H2,1-5H3. The Morgan fingerprint density at radius 2 is 1.51 bits per heavy atom. The molecule has 10 heteroatoms. The van der Waals surface area contributed by atoms with Crippen LogP contribution in [0.1, 0.15) is 41.6 Å². The fraction of sp³-hybridized carbons (Fsp3) is 0.483. The maximum absolute atomic E-state index is 13.5. The summed E-state index contributed by atoms with van der Waals surface area (Å²) >= 11 is 0. The molecule has 0 saturated carbocycles. The summed E-state index contributed by atoms with van der Waals surface area (Å²) in [5, 5.41) is 0. The molecule has 2 bridgehead atoms. The van der Waals surface area contributed by atoms with Crippen molar-refractivity contribution >= 4 is 17.6 Å². The van der Waals surface area contributed by atoms with Crippen molar-refractivity contribution in [1.82, 2.24) is 9.80 Å². The fourth-order valence-corrected chi connectivity index (χ4v) is 5.53. The number of carbonyl (C=O) groups excluding carboxylic acids is 3. The number of benzene rings is 2. The van der Waals surface area contributed by atoms with E-state index in [1.54, 1.807) is 14.2 Å². The molecule has 2 fully saturated rings. The van der Waals surface area contributed by atoms with Crippen LogP contribution in [-0.2, 0) is 16.0 Å². The third-order valence-electron chi connectivity index (χ3n) is 7.47. The molecule has 0 N–H and O–H groups in total. The molecule has 0 aromatic heterocycles. The first-order valence-electron chi connectivity index (χ1n) is 13.0. The van der Waals surface area contributed by atoms with Crippen molar-refractivity contribution in [3.05, 3.63) is 41.5 Å². The van der Waals surface area contributed by atoms with Crippen LogP contribution < -0.4 is 23.7 Å². The van der Waals surface area contributed by atoms with E-state index in [0.717, 1.165) is 31.2 Å². The number of amides is 2. The fourth-order valence-electron chi connectivity index (χ4n) is 5.53. The molecular weight excluding hydrogens is 504 g/mol. The highest BCUT2D eigenvalue weighted by Gasteiger charge is 2.46. The average Bonchev–Trinajstić information content (AvgIpc) is 2.97. The molecule has 2 aromatic rings. The van der Waals surface area contributed by atoms with Gasteiger partial charge in [0.2, 0.25) is 11.7 Å². The second-order valence-corrected chi connectivity index (χ2v) is 9.63. The molecule has 2 amide bonds. The van der Waals surface area contributed by atoms with E-state index in [-0.39, 0.29) is 29.0 Å². The van der Waals surface area contributed by atoms with Crippen molar-refractivity contribution in [2.45, 2.75) is 44.2 Å². The lowest BCUT2D eigenvalue weighted by molar-refractivity contribution is -0.157. The number of likely N-dealkylation sites (tertiary alicyclic amines) is 1. The van der Waals surface area contributed by atoms with Gasteiger partial charge in [-0.1, -0.05) is 6.07 Å². The summed E-state index contributed by atoms with van der Waals surface area (Å²) in [4.78, 5) is 43.6. The smallest absolute Gasteiger partial charge is 0.295 e. The molecule has 2 atom stereocenters. The largest absolute Gasteiger partial charge is 0.493 e. The van der Waals surface area contributed by atoms with Crippen LogP contribution in [0.25, 0.3) is 0 Å². The number of ketones is 1. The first-order chi connectivity index (χ1) is 18.9. The summed E-state index contributed by atoms with van der Waals surface area (Å²) in [6.45, 7) is 0.985. The molecule has 4 rings (SSSR count). The SMILES string of the molecule is COc1ccc(CCCN2CC3CCCC(C2=O)N3C(=O)C(=O)c2cc(OC)c(OC)c(OC)c2)cc1OC. The Morgan fingerprint density at radius 3 is 2.13 bits per heavy atom. The van der Waals surface area contributed by atoms with Crippen molar-refractivity contribution in [1.29, 1.82) is 0 Å². The van der Waals surface area contributed by atoms with E-state index in [9.17, 15) is 14.4 Å². The van der Waals surface area contributed by atoms with E-state index in [1.165, 1.54) is 38.4 Å². The number of carbonyl (C=O) groups is 3. The predicted molar refractivity (Wildman–Crippen MR) is 143 cm³/mol. The molecule has 0 radical (unpaired) electrons. The maximum atomic E-state index is 13.5. The molecule has 0 aliphatic carbocycles. The van der Waals surface area contributed by atoms with Crippen LogP contribution >= 0.6 is 0 Å². The lowest BCUT2D eigenvalue weighted by Gasteiger charge is -2.49. The molecule has 2 aliphatic heterocycles. The first kappa shape index (κ1) is 28.1. The van der Waals surface area contributed by atoms with Gasteiger partial charge in [0.25, 0.3) is 11.7 Å². The van der Waals surface area contributed by atoms with E-state index in [2.05, 4.69) is 0 Å². The van der Waals surface area contributed by atoms with Gasteiger partial charge in [-0.05, 0) is 61.9 Å². The van der Waals surface area contributed by atoms with Gasteiger partial charge >= 0.3 is 0 Å². The molecule has 2 saturated heterocycles. The highest BCUT2D eigenvalue weighted by Crippen LogP contribution is 2.39. The summed E-state index contributed by atoms with van der Waals surface area (Å²) < 4.78 is 26.7. The molecule has 0 spiro atoms. The second-order valence-electron chi connectivity index (χ2n) is 9.63. The molecule has 2 unspecified atom stereocenters. The monoisotopic (exact) mass is 540 g/mol. The molecule has 2 aromatic carbocycles. The number of methoxy groups -OCH3 is 5. The second kappa shape index (κ2) is 12.3. The number of fused-ring (bicyclic) bond motifs is 2. The van der Waals surface area contributed by atoms with Gasteiger partial charge < -0.3 is 33.5 Å². The van der Waals surface area contributed by atoms with E-state index in [0.29, 0.717) is 36.8 Å². The maximum Gasteiger partial charge on any atom is 0.295 e. The van der Waals surface area contributed by atoms with Crippen LogP contribution in [0, 0.1) is 0 Å². The highest BCUT2D eigenvalue weighted by atomic mass is 16.5. The van der Waals surface area contributed by atoms with Crippen LogP contribution in [0.15, 0.2) is 30.3 Å². The highest BCUT2D eigenvalue weighted by molar-refractivity contribution is 6.43. The van der Waals surface area contributed by atoms with E-state index in [1.807, 2.05) is 23.1 Å². The van der Waals surface area contributed by atoms with Gasteiger partial charge in [0, 0.05) is 18.7 Å². The quantitative estimate of drug-likeness (QED) is 0.316. The number of nitrogens with zero attached hydrogens (tertiary/aromatic N) is 2. The summed E-state index contributed by atoms with van der Waals surface area (Å²) in [5.41, 5.74) is 1.21. The van der Waals surface area contributed by atoms with E-state index < -0.39 is 17.7 Å². The third kappa shape index (κ3) is 5.60. The summed E-state index contributed by atoms with van der Waals surface area (Å²) in [6, 6.07) is 7.88. The topological polar surface area (TPSA) is 104 Å². The zero-order valence-electron chi connectivity index (χ0n) is 23.2. The first-order valence-corrected chi connectivity index (χ1v) is 13.0. The minimum atomic E-state index is -0.708. The van der Waals surface area contributed by atoms with Crippen LogP contribution in [0.5, 0.6) is 28.7 Å². The van der Waals surface area contributed by atoms with Crippen LogP contribution in [0.3, 0.4) is 0 Å². The van der Waals surface area contributed by atoms with E-state index in [4.69, 9.17) is 23.7 Å². The molecule has 39 heavy (non-hydrogen) atoms. The molecule has 210 valence electrons. The van der Waals surface area contributed by atoms with Gasteiger partial charge in [0.1, 0.15) is 6.04 Å². The normalized spacial score (nSPS) is 18.4. The zero-order valence-corrected chi connectivity index (χ0v) is 23.2. The Kier molecular flexibility index (Phi) is 8.83. The van der Waals surface area contributed by atoms with Crippen LogP contribution in [0.2, 0.25) is 0 Å². The molecule has 2 heterocycles. The molecule has 2 aliphatic rings. The van der Waals surface area contributed by atoms with Gasteiger partial charge in [-0.25, -0.2) is 0 Å². The Balaban J connectivity index is 1.45. The van der Waals surface area contributed by atoms with Gasteiger partial charge in [0.05, 0.1) is 41.6 Å².